The first-order valence-electron chi connectivity index (χ1n) is 8.92. The van der Waals surface area contributed by atoms with Gasteiger partial charge in [0.15, 0.2) is 5.78 Å². The zero-order valence-electron chi connectivity index (χ0n) is 15.0. The summed E-state index contributed by atoms with van der Waals surface area (Å²) >= 11 is 12.7. The average molecular weight is 406 g/mol. The van der Waals surface area contributed by atoms with Crippen molar-refractivity contribution in [3.05, 3.63) is 112 Å². The molecule has 4 rings (SSSR count). The average Bonchev–Trinajstić information content (AvgIpc) is 3.00. The maximum atomic E-state index is 13.0. The van der Waals surface area contributed by atoms with E-state index in [1.165, 1.54) is 0 Å². The molecule has 2 nitrogen and oxygen atoms in total. The highest BCUT2D eigenvalue weighted by Crippen LogP contribution is 2.31. The number of allylic oxidation sites excluding steroid dienone is 1. The van der Waals surface area contributed by atoms with Crippen molar-refractivity contribution in [2.75, 3.05) is 0 Å². The van der Waals surface area contributed by atoms with Crippen LogP contribution in [-0.4, -0.2) is 10.4 Å². The zero-order chi connectivity index (χ0) is 19.5. The van der Waals surface area contributed by atoms with Crippen molar-refractivity contribution < 1.29 is 4.79 Å². The summed E-state index contributed by atoms with van der Waals surface area (Å²) in [6, 6.07) is 25.1. The molecule has 0 radical (unpaired) electrons. The molecule has 0 fully saturated rings. The van der Waals surface area contributed by atoms with Crippen molar-refractivity contribution in [3.8, 4) is 0 Å². The second kappa shape index (κ2) is 8.05. The summed E-state index contributed by atoms with van der Waals surface area (Å²) in [5.74, 6) is -0.111. The molecule has 0 saturated heterocycles. The molecule has 3 aromatic carbocycles. The van der Waals surface area contributed by atoms with E-state index >= 15 is 0 Å². The van der Waals surface area contributed by atoms with E-state index in [4.69, 9.17) is 23.2 Å². The number of para-hydroxylation sites is 1. The maximum absolute atomic E-state index is 13.0. The molecule has 0 N–H and O–H groups in total. The second-order valence-corrected chi connectivity index (χ2v) is 7.30. The van der Waals surface area contributed by atoms with Crippen LogP contribution in [0.25, 0.3) is 17.0 Å². The molecule has 0 amide bonds. The third-order valence-corrected chi connectivity index (χ3v) is 5.28. The lowest BCUT2D eigenvalue weighted by Gasteiger charge is -2.07. The normalized spacial score (nSPS) is 11.4. The zero-order valence-corrected chi connectivity index (χ0v) is 16.5. The molecule has 4 heteroatoms. The number of nitrogens with zero attached hydrogens (tertiary/aromatic N) is 1. The molecule has 0 aliphatic heterocycles. The van der Waals surface area contributed by atoms with Crippen molar-refractivity contribution in [2.24, 2.45) is 0 Å². The number of ketones is 1. The second-order valence-electron chi connectivity index (χ2n) is 6.50. The molecular weight excluding hydrogens is 389 g/mol. The van der Waals surface area contributed by atoms with Gasteiger partial charge in [-0.15, -0.1) is 0 Å². The number of hydrogen-bond donors (Lipinski definition) is 0. The van der Waals surface area contributed by atoms with Crippen molar-refractivity contribution in [3.63, 3.8) is 0 Å². The van der Waals surface area contributed by atoms with Gasteiger partial charge in [0.1, 0.15) is 5.15 Å². The minimum atomic E-state index is -0.111. The van der Waals surface area contributed by atoms with Crippen LogP contribution in [0.4, 0.5) is 0 Å². The number of halogens is 2. The van der Waals surface area contributed by atoms with Crippen molar-refractivity contribution in [1.29, 1.82) is 0 Å². The van der Waals surface area contributed by atoms with Crippen LogP contribution in [0.3, 0.4) is 0 Å². The van der Waals surface area contributed by atoms with Crippen LogP contribution >= 0.6 is 23.2 Å². The first kappa shape index (κ1) is 18.5. The number of aromatic nitrogens is 1. The van der Waals surface area contributed by atoms with Crippen LogP contribution in [0.5, 0.6) is 0 Å². The fraction of sp³-hybridized carbons (Fsp3) is 0.0417. The Morgan fingerprint density at radius 2 is 1.54 bits per heavy atom. The molecule has 1 aromatic heterocycles. The van der Waals surface area contributed by atoms with Crippen molar-refractivity contribution in [1.82, 2.24) is 4.57 Å². The number of carbonyl (C=O) groups is 1. The fourth-order valence-corrected chi connectivity index (χ4v) is 3.72. The Kier molecular flexibility index (Phi) is 5.34. The predicted octanol–water partition coefficient (Wildman–Crippen LogP) is 6.89. The summed E-state index contributed by atoms with van der Waals surface area (Å²) in [4.78, 5) is 13.0. The van der Waals surface area contributed by atoms with Crippen LogP contribution in [0, 0.1) is 0 Å². The molecular formula is C24H17Cl2NO. The lowest BCUT2D eigenvalue weighted by atomic mass is 10.1. The number of rotatable bonds is 5. The lowest BCUT2D eigenvalue weighted by molar-refractivity contribution is 0.104. The Hall–Kier alpha value is -2.81. The molecule has 28 heavy (non-hydrogen) atoms. The molecule has 0 unspecified atom stereocenters. The number of carbonyl (C=O) groups excluding carboxylic acids is 1. The van der Waals surface area contributed by atoms with E-state index in [0.717, 1.165) is 22.0 Å². The molecule has 0 bridgehead atoms. The van der Waals surface area contributed by atoms with Crippen LogP contribution in [0.2, 0.25) is 10.2 Å². The minimum absolute atomic E-state index is 0.111. The van der Waals surface area contributed by atoms with Gasteiger partial charge in [0.25, 0.3) is 0 Å². The van der Waals surface area contributed by atoms with Crippen LogP contribution in [-0.2, 0) is 6.54 Å². The Labute approximate surface area is 173 Å². The summed E-state index contributed by atoms with van der Waals surface area (Å²) in [6.45, 7) is 0.562. The highest BCUT2D eigenvalue weighted by atomic mass is 35.5. The van der Waals surface area contributed by atoms with Gasteiger partial charge in [-0.3, -0.25) is 4.79 Å². The van der Waals surface area contributed by atoms with E-state index < -0.39 is 0 Å². The fourth-order valence-electron chi connectivity index (χ4n) is 3.25. The summed E-state index contributed by atoms with van der Waals surface area (Å²) in [5, 5.41) is 1.98. The van der Waals surface area contributed by atoms with Gasteiger partial charge in [0.2, 0.25) is 0 Å². The van der Waals surface area contributed by atoms with Crippen molar-refractivity contribution in [2.45, 2.75) is 6.54 Å². The van der Waals surface area contributed by atoms with Gasteiger partial charge in [-0.2, -0.15) is 0 Å². The maximum Gasteiger partial charge on any atom is 0.189 e. The van der Waals surface area contributed by atoms with Crippen LogP contribution < -0.4 is 0 Å². The van der Waals surface area contributed by atoms with E-state index in [0.29, 0.717) is 22.3 Å². The Morgan fingerprint density at radius 3 is 2.29 bits per heavy atom. The van der Waals surface area contributed by atoms with E-state index in [1.54, 1.807) is 6.08 Å². The number of fused-ring (bicyclic) bond motifs is 1. The third kappa shape index (κ3) is 3.75. The predicted molar refractivity (Wildman–Crippen MR) is 117 cm³/mol. The van der Waals surface area contributed by atoms with Gasteiger partial charge < -0.3 is 4.57 Å². The molecule has 0 aliphatic carbocycles. The van der Waals surface area contributed by atoms with Gasteiger partial charge in [-0.25, -0.2) is 0 Å². The number of benzene rings is 3. The minimum Gasteiger partial charge on any atom is -0.327 e. The van der Waals surface area contributed by atoms with Gasteiger partial charge in [0, 0.05) is 17.0 Å². The third-order valence-electron chi connectivity index (χ3n) is 4.63. The summed E-state index contributed by atoms with van der Waals surface area (Å²) in [7, 11) is 0. The first-order chi connectivity index (χ1) is 13.6. The van der Waals surface area contributed by atoms with E-state index in [9.17, 15) is 4.79 Å². The monoisotopic (exact) mass is 405 g/mol. The Balaban J connectivity index is 1.74. The van der Waals surface area contributed by atoms with Crippen LogP contribution in [0.1, 0.15) is 21.5 Å². The first-order valence-corrected chi connectivity index (χ1v) is 9.68. The Bertz CT molecular complexity index is 1160. The summed E-state index contributed by atoms with van der Waals surface area (Å²) < 4.78 is 1.96. The molecule has 138 valence electrons. The van der Waals surface area contributed by atoms with Gasteiger partial charge >= 0.3 is 0 Å². The molecule has 0 atom stereocenters. The summed E-state index contributed by atoms with van der Waals surface area (Å²) in [6.07, 6.45) is 3.39. The number of hydrogen-bond acceptors (Lipinski definition) is 1. The highest BCUT2D eigenvalue weighted by molar-refractivity contribution is 6.36. The van der Waals surface area contributed by atoms with Crippen LogP contribution in [0.15, 0.2) is 84.9 Å². The molecule has 4 aromatic rings. The largest absolute Gasteiger partial charge is 0.327 e. The molecule has 0 saturated carbocycles. The molecule has 1 heterocycles. The standard InChI is InChI=1S/C24H17Cl2NO/c25-19-13-10-18(11-14-19)16-27-21-9-5-4-8-20(21)23(24(27)26)22(28)15-12-17-6-2-1-3-7-17/h1-15H,16H2/b15-12+. The van der Waals surface area contributed by atoms with Gasteiger partial charge in [-0.1, -0.05) is 89.9 Å². The lowest BCUT2D eigenvalue weighted by Crippen LogP contribution is -2.01. The van der Waals surface area contributed by atoms with E-state index in [-0.39, 0.29) is 5.78 Å². The van der Waals surface area contributed by atoms with Gasteiger partial charge in [0.05, 0.1) is 11.1 Å². The SMILES string of the molecule is O=C(/C=C/c1ccccc1)c1c(Cl)n(Cc2ccc(Cl)cc2)c2ccccc12. The summed E-state index contributed by atoms with van der Waals surface area (Å²) in [5.41, 5.74) is 3.49. The quantitative estimate of drug-likeness (QED) is 0.261. The molecule has 0 spiro atoms. The topological polar surface area (TPSA) is 22.0 Å². The van der Waals surface area contributed by atoms with Gasteiger partial charge in [-0.05, 0) is 35.4 Å². The molecule has 0 aliphatic rings. The Morgan fingerprint density at radius 1 is 0.857 bits per heavy atom. The highest BCUT2D eigenvalue weighted by Gasteiger charge is 2.19. The van der Waals surface area contributed by atoms with E-state index in [2.05, 4.69) is 0 Å². The van der Waals surface area contributed by atoms with Crippen molar-refractivity contribution >= 4 is 46.0 Å². The smallest absolute Gasteiger partial charge is 0.189 e. The van der Waals surface area contributed by atoms with E-state index in [1.807, 2.05) is 89.5 Å².